The van der Waals surface area contributed by atoms with Crippen molar-refractivity contribution in [3.8, 4) is 0 Å². The van der Waals surface area contributed by atoms with Crippen molar-refractivity contribution in [3.05, 3.63) is 0 Å². The van der Waals surface area contributed by atoms with Crippen LogP contribution in [0.3, 0.4) is 0 Å². The predicted molar refractivity (Wildman–Crippen MR) is 77.0 cm³/mol. The van der Waals surface area contributed by atoms with E-state index in [0.29, 0.717) is 0 Å². The zero-order valence-corrected chi connectivity index (χ0v) is 13.0. The number of nitrogens with zero attached hydrogens (tertiary/aromatic N) is 1. The lowest BCUT2D eigenvalue weighted by Crippen LogP contribution is -2.30. The molecule has 1 heterocycles. The monoisotopic (exact) mass is 229 g/mol. The third-order valence-corrected chi connectivity index (χ3v) is 3.27. The van der Waals surface area contributed by atoms with Crippen LogP contribution in [-0.2, 0) is 0 Å². The van der Waals surface area contributed by atoms with E-state index >= 15 is 0 Å². The molecule has 1 unspecified atom stereocenters. The number of hydrogen-bond donors (Lipinski definition) is 0. The third kappa shape index (κ3) is 7.27. The van der Waals surface area contributed by atoms with Gasteiger partial charge in [0.25, 0.3) is 0 Å². The lowest BCUT2D eigenvalue weighted by molar-refractivity contribution is 0.234. The molecule has 1 heteroatoms. The fourth-order valence-corrected chi connectivity index (χ4v) is 2.07. The van der Waals surface area contributed by atoms with E-state index in [1.165, 1.54) is 25.7 Å². The molecule has 0 radical (unpaired) electrons. The fraction of sp³-hybridized carbons (Fsp3) is 1.00. The van der Waals surface area contributed by atoms with Crippen molar-refractivity contribution in [2.45, 2.75) is 86.2 Å². The highest BCUT2D eigenvalue weighted by Crippen LogP contribution is 2.25. The van der Waals surface area contributed by atoms with E-state index in [-0.39, 0.29) is 0 Å². The molecule has 1 aliphatic heterocycles. The molecule has 0 amide bonds. The average molecular weight is 229 g/mol. The van der Waals surface area contributed by atoms with Gasteiger partial charge in [-0.25, -0.2) is 0 Å². The summed E-state index contributed by atoms with van der Waals surface area (Å²) in [5.74, 6) is 0.870. The van der Waals surface area contributed by atoms with Crippen LogP contribution in [0.25, 0.3) is 0 Å². The van der Waals surface area contributed by atoms with Crippen molar-refractivity contribution in [2.75, 3.05) is 7.05 Å². The number of rotatable bonds is 3. The van der Waals surface area contributed by atoms with Crippen molar-refractivity contribution in [1.29, 1.82) is 0 Å². The highest BCUT2D eigenvalue weighted by molar-refractivity contribution is 4.82. The Morgan fingerprint density at radius 3 is 1.88 bits per heavy atom. The van der Waals surface area contributed by atoms with Crippen LogP contribution >= 0.6 is 0 Å². The molecule has 0 aromatic rings. The molecular formula is C15H35N. The average Bonchev–Trinajstić information content (AvgIpc) is 2.63. The second-order valence-electron chi connectivity index (χ2n) is 4.72. The van der Waals surface area contributed by atoms with Gasteiger partial charge in [-0.2, -0.15) is 0 Å². The highest BCUT2D eigenvalue weighted by Gasteiger charge is 2.26. The van der Waals surface area contributed by atoms with Crippen LogP contribution in [0, 0.1) is 5.92 Å². The summed E-state index contributed by atoms with van der Waals surface area (Å²) in [5, 5.41) is 0. The molecule has 0 aliphatic carbocycles. The molecule has 2 atom stereocenters. The Labute approximate surface area is 105 Å². The number of likely N-dealkylation sites (tertiary alicyclic amines) is 1. The molecule has 1 saturated heterocycles. The lowest BCUT2D eigenvalue weighted by atomic mass is 10.0. The summed E-state index contributed by atoms with van der Waals surface area (Å²) in [6.45, 7) is 15.0. The van der Waals surface area contributed by atoms with E-state index in [1.807, 2.05) is 27.7 Å². The van der Waals surface area contributed by atoms with Crippen molar-refractivity contribution in [1.82, 2.24) is 4.90 Å². The van der Waals surface area contributed by atoms with Crippen LogP contribution in [0.5, 0.6) is 0 Å². The molecule has 0 bridgehead atoms. The summed E-state index contributed by atoms with van der Waals surface area (Å²) in [6.07, 6.45) is 5.61. The first-order chi connectivity index (χ1) is 7.61. The van der Waals surface area contributed by atoms with Crippen molar-refractivity contribution < 1.29 is 0 Å². The Morgan fingerprint density at radius 1 is 1.06 bits per heavy atom. The summed E-state index contributed by atoms with van der Waals surface area (Å²) >= 11 is 0. The Kier molecular flexibility index (Phi) is 13.1. The topological polar surface area (TPSA) is 3.24 Å². The van der Waals surface area contributed by atoms with E-state index in [9.17, 15) is 0 Å². The molecule has 1 nitrogen and oxygen atoms in total. The summed E-state index contributed by atoms with van der Waals surface area (Å²) in [6, 6.07) is 1.70. The smallest absolute Gasteiger partial charge is 0.00957 e. The van der Waals surface area contributed by atoms with Gasteiger partial charge in [0, 0.05) is 12.1 Å². The Balaban J connectivity index is 0. The van der Waals surface area contributed by atoms with Crippen molar-refractivity contribution in [2.24, 2.45) is 5.92 Å². The third-order valence-electron chi connectivity index (χ3n) is 3.27. The lowest BCUT2D eigenvalue weighted by Gasteiger charge is -2.23. The molecule has 0 aromatic carbocycles. The Bertz CT molecular complexity index is 131. The molecular weight excluding hydrogens is 194 g/mol. The summed E-state index contributed by atoms with van der Waals surface area (Å²) in [5.41, 5.74) is 0. The van der Waals surface area contributed by atoms with Gasteiger partial charge in [-0.05, 0) is 45.6 Å². The molecule has 1 rings (SSSR count). The highest BCUT2D eigenvalue weighted by atomic mass is 15.2. The molecule has 0 saturated carbocycles. The van der Waals surface area contributed by atoms with E-state index < -0.39 is 0 Å². The van der Waals surface area contributed by atoms with Gasteiger partial charge < -0.3 is 4.90 Å². The predicted octanol–water partition coefficient (Wildman–Crippen LogP) is 4.96. The largest absolute Gasteiger partial charge is 0.301 e. The summed E-state index contributed by atoms with van der Waals surface area (Å²) in [4.78, 5) is 2.56. The van der Waals surface area contributed by atoms with Gasteiger partial charge in [-0.3, -0.25) is 0 Å². The molecule has 0 N–H and O–H groups in total. The van der Waals surface area contributed by atoms with E-state index in [2.05, 4.69) is 32.7 Å². The minimum atomic E-state index is 0.821. The first-order valence-electron chi connectivity index (χ1n) is 7.33. The Hall–Kier alpha value is -0.0400. The van der Waals surface area contributed by atoms with Crippen LogP contribution in [-0.4, -0.2) is 24.0 Å². The zero-order chi connectivity index (χ0) is 13.1. The van der Waals surface area contributed by atoms with Gasteiger partial charge in [0.05, 0.1) is 0 Å². The maximum Gasteiger partial charge on any atom is 0.00957 e. The summed E-state index contributed by atoms with van der Waals surface area (Å²) < 4.78 is 0. The normalized spacial score (nSPS) is 24.6. The quantitative estimate of drug-likeness (QED) is 0.661. The van der Waals surface area contributed by atoms with Crippen LogP contribution in [0.4, 0.5) is 0 Å². The minimum absolute atomic E-state index is 0.821. The number of hydrogen-bond acceptors (Lipinski definition) is 1. The van der Waals surface area contributed by atoms with Gasteiger partial charge in [0.15, 0.2) is 0 Å². The molecule has 0 spiro atoms. The molecule has 100 valence electrons. The second kappa shape index (κ2) is 11.4. The van der Waals surface area contributed by atoms with E-state index in [0.717, 1.165) is 18.0 Å². The maximum atomic E-state index is 2.56. The van der Waals surface area contributed by atoms with Crippen LogP contribution in [0.1, 0.15) is 74.1 Å². The SMILES string of the molecule is CC.CC.CC(C)CCC1CC[C@H](C)N1C. The van der Waals surface area contributed by atoms with Crippen molar-refractivity contribution >= 4 is 0 Å². The zero-order valence-electron chi connectivity index (χ0n) is 13.0. The summed E-state index contributed by atoms with van der Waals surface area (Å²) in [7, 11) is 2.28. The maximum absolute atomic E-state index is 2.56. The van der Waals surface area contributed by atoms with Crippen LogP contribution < -0.4 is 0 Å². The molecule has 1 fully saturated rings. The molecule has 0 aromatic heterocycles. The molecule has 16 heavy (non-hydrogen) atoms. The van der Waals surface area contributed by atoms with Crippen molar-refractivity contribution in [3.63, 3.8) is 0 Å². The van der Waals surface area contributed by atoms with Gasteiger partial charge >= 0.3 is 0 Å². The molecule has 1 aliphatic rings. The van der Waals surface area contributed by atoms with Gasteiger partial charge in [-0.1, -0.05) is 41.5 Å². The van der Waals surface area contributed by atoms with E-state index in [4.69, 9.17) is 0 Å². The first-order valence-corrected chi connectivity index (χ1v) is 7.33. The van der Waals surface area contributed by atoms with Gasteiger partial charge in [-0.15, -0.1) is 0 Å². The Morgan fingerprint density at radius 2 is 1.56 bits per heavy atom. The van der Waals surface area contributed by atoms with Crippen LogP contribution in [0.2, 0.25) is 0 Å². The minimum Gasteiger partial charge on any atom is -0.301 e. The fourth-order valence-electron chi connectivity index (χ4n) is 2.07. The first kappa shape index (κ1) is 18.3. The standard InChI is InChI=1S/C11H23N.2C2H6/c1-9(2)5-7-11-8-6-10(3)12(11)4;2*1-2/h9-11H,5-8H2,1-4H3;2*1-2H3/t10-,11?;;/m0../s1. The van der Waals surface area contributed by atoms with Gasteiger partial charge in [0.2, 0.25) is 0 Å². The second-order valence-corrected chi connectivity index (χ2v) is 4.72. The van der Waals surface area contributed by atoms with Crippen LogP contribution in [0.15, 0.2) is 0 Å². The van der Waals surface area contributed by atoms with E-state index in [1.54, 1.807) is 0 Å². The van der Waals surface area contributed by atoms with Gasteiger partial charge in [0.1, 0.15) is 0 Å².